The Morgan fingerprint density at radius 3 is 2.71 bits per heavy atom. The van der Waals surface area contributed by atoms with Crippen LogP contribution in [0.5, 0.6) is 0 Å². The molecule has 0 radical (unpaired) electrons. The van der Waals surface area contributed by atoms with Crippen molar-refractivity contribution < 1.29 is 4.79 Å². The molecule has 1 aromatic rings. The smallest absolute Gasteiger partial charge is 0.223 e. The van der Waals surface area contributed by atoms with E-state index in [1.54, 1.807) is 0 Å². The molecule has 0 aromatic heterocycles. The molecule has 1 unspecified atom stereocenters. The van der Waals surface area contributed by atoms with Crippen LogP contribution in [0.15, 0.2) is 22.7 Å². The zero-order valence-corrected chi connectivity index (χ0v) is 9.95. The molecule has 74 valence electrons. The van der Waals surface area contributed by atoms with E-state index in [-0.39, 0.29) is 11.4 Å². The van der Waals surface area contributed by atoms with Gasteiger partial charge in [0.1, 0.15) is 0 Å². The third-order valence-corrected chi connectivity index (χ3v) is 3.26. The van der Waals surface area contributed by atoms with Gasteiger partial charge in [0.2, 0.25) is 5.91 Å². The maximum atomic E-state index is 10.9. The van der Waals surface area contributed by atoms with Crippen LogP contribution in [0.4, 0.5) is 0 Å². The van der Waals surface area contributed by atoms with E-state index in [2.05, 4.69) is 21.2 Å². The SMILES string of the molecule is CC1(c2ccc(Br)cc2Cl)CC(=O)N1. The van der Waals surface area contributed by atoms with E-state index in [9.17, 15) is 4.79 Å². The van der Waals surface area contributed by atoms with Gasteiger partial charge in [-0.2, -0.15) is 0 Å². The van der Waals surface area contributed by atoms with E-state index in [0.717, 1.165) is 10.0 Å². The average molecular weight is 275 g/mol. The van der Waals surface area contributed by atoms with Crippen molar-refractivity contribution in [1.29, 1.82) is 0 Å². The van der Waals surface area contributed by atoms with Crippen molar-refractivity contribution in [3.05, 3.63) is 33.3 Å². The Balaban J connectivity index is 2.37. The summed E-state index contributed by atoms with van der Waals surface area (Å²) in [5.41, 5.74) is 0.691. The highest BCUT2D eigenvalue weighted by Gasteiger charge is 2.40. The van der Waals surface area contributed by atoms with E-state index >= 15 is 0 Å². The second-order valence-corrected chi connectivity index (χ2v) is 5.00. The molecule has 1 heterocycles. The number of rotatable bonds is 1. The highest BCUT2D eigenvalue weighted by atomic mass is 79.9. The van der Waals surface area contributed by atoms with Crippen molar-refractivity contribution in [2.75, 3.05) is 0 Å². The molecule has 14 heavy (non-hydrogen) atoms. The number of hydrogen-bond acceptors (Lipinski definition) is 1. The topological polar surface area (TPSA) is 29.1 Å². The monoisotopic (exact) mass is 273 g/mol. The molecule has 1 N–H and O–H groups in total. The molecule has 1 amide bonds. The predicted molar refractivity (Wildman–Crippen MR) is 59.3 cm³/mol. The van der Waals surface area contributed by atoms with Crippen LogP contribution < -0.4 is 5.32 Å². The minimum Gasteiger partial charge on any atom is -0.346 e. The van der Waals surface area contributed by atoms with Crippen LogP contribution in [0.2, 0.25) is 5.02 Å². The van der Waals surface area contributed by atoms with Crippen LogP contribution >= 0.6 is 27.5 Å². The Labute approximate surface area is 95.8 Å². The fraction of sp³-hybridized carbons (Fsp3) is 0.300. The first-order valence-electron chi connectivity index (χ1n) is 4.28. The fourth-order valence-electron chi connectivity index (χ4n) is 1.71. The summed E-state index contributed by atoms with van der Waals surface area (Å²) in [4.78, 5) is 10.9. The summed E-state index contributed by atoms with van der Waals surface area (Å²) >= 11 is 9.44. The van der Waals surface area contributed by atoms with Gasteiger partial charge in [0.05, 0.1) is 12.0 Å². The Bertz CT molecular complexity index is 397. The summed E-state index contributed by atoms with van der Waals surface area (Å²) in [5, 5.41) is 3.54. The average Bonchev–Trinajstić information content (AvgIpc) is 2.00. The molecule has 0 aliphatic carbocycles. The van der Waals surface area contributed by atoms with Gasteiger partial charge < -0.3 is 5.32 Å². The molecule has 1 aliphatic rings. The normalized spacial score (nSPS) is 25.5. The summed E-state index contributed by atoms with van der Waals surface area (Å²) in [5.74, 6) is 0.0754. The van der Waals surface area contributed by atoms with Gasteiger partial charge in [0.25, 0.3) is 0 Å². The van der Waals surface area contributed by atoms with Crippen LogP contribution in [-0.4, -0.2) is 5.91 Å². The largest absolute Gasteiger partial charge is 0.346 e. The molecule has 1 saturated heterocycles. The van der Waals surface area contributed by atoms with Crippen LogP contribution in [0.3, 0.4) is 0 Å². The molecule has 0 saturated carbocycles. The Morgan fingerprint density at radius 2 is 2.21 bits per heavy atom. The summed E-state index contributed by atoms with van der Waals surface area (Å²) in [6.45, 7) is 1.98. The number of halogens is 2. The van der Waals surface area contributed by atoms with Gasteiger partial charge in [0.15, 0.2) is 0 Å². The fourth-order valence-corrected chi connectivity index (χ4v) is 2.59. The number of carbonyl (C=O) groups excluding carboxylic acids is 1. The maximum Gasteiger partial charge on any atom is 0.223 e. The lowest BCUT2D eigenvalue weighted by Crippen LogP contribution is -2.56. The number of β-lactam (4-membered cyclic amide) rings is 1. The van der Waals surface area contributed by atoms with Crippen molar-refractivity contribution in [3.63, 3.8) is 0 Å². The van der Waals surface area contributed by atoms with Crippen LogP contribution in [0.25, 0.3) is 0 Å². The van der Waals surface area contributed by atoms with Crippen molar-refractivity contribution in [1.82, 2.24) is 5.32 Å². The molecule has 1 atom stereocenters. The van der Waals surface area contributed by atoms with Gasteiger partial charge in [-0.25, -0.2) is 0 Å². The molecule has 1 aliphatic heterocycles. The number of hydrogen-bond donors (Lipinski definition) is 1. The zero-order valence-electron chi connectivity index (χ0n) is 7.60. The third-order valence-electron chi connectivity index (χ3n) is 2.46. The minimum atomic E-state index is -0.283. The standard InChI is InChI=1S/C10H9BrClNO/c1-10(5-9(14)13-10)7-3-2-6(11)4-8(7)12/h2-4H,5H2,1H3,(H,13,14). The Morgan fingerprint density at radius 1 is 1.57 bits per heavy atom. The van der Waals surface area contributed by atoms with Crippen LogP contribution in [0, 0.1) is 0 Å². The van der Waals surface area contributed by atoms with Crippen molar-refractivity contribution in [2.24, 2.45) is 0 Å². The van der Waals surface area contributed by atoms with Gasteiger partial charge >= 0.3 is 0 Å². The quantitative estimate of drug-likeness (QED) is 0.784. The van der Waals surface area contributed by atoms with Gasteiger partial charge in [-0.05, 0) is 24.6 Å². The highest BCUT2D eigenvalue weighted by Crippen LogP contribution is 2.36. The molecule has 1 fully saturated rings. The third kappa shape index (κ3) is 1.55. The lowest BCUT2D eigenvalue weighted by atomic mass is 9.82. The summed E-state index contributed by atoms with van der Waals surface area (Å²) in [6.07, 6.45) is 0.508. The second-order valence-electron chi connectivity index (χ2n) is 3.68. The van der Waals surface area contributed by atoms with E-state index < -0.39 is 0 Å². The van der Waals surface area contributed by atoms with Crippen LogP contribution in [0.1, 0.15) is 18.9 Å². The van der Waals surface area contributed by atoms with Crippen molar-refractivity contribution in [3.8, 4) is 0 Å². The Hall–Kier alpha value is -0.540. The van der Waals surface area contributed by atoms with Gasteiger partial charge in [-0.1, -0.05) is 33.6 Å². The van der Waals surface area contributed by atoms with Gasteiger partial charge in [0, 0.05) is 9.50 Å². The molecule has 2 nitrogen and oxygen atoms in total. The number of benzene rings is 1. The molecule has 1 aromatic carbocycles. The summed E-state index contributed by atoms with van der Waals surface area (Å²) in [6, 6.07) is 5.70. The number of carbonyl (C=O) groups is 1. The van der Waals surface area contributed by atoms with Crippen molar-refractivity contribution >= 4 is 33.4 Å². The van der Waals surface area contributed by atoms with Crippen molar-refractivity contribution in [2.45, 2.75) is 18.9 Å². The molecule has 2 rings (SSSR count). The number of nitrogens with one attached hydrogen (secondary N) is 1. The molecule has 0 spiro atoms. The zero-order chi connectivity index (χ0) is 10.3. The van der Waals surface area contributed by atoms with Gasteiger partial charge in [-0.3, -0.25) is 4.79 Å². The van der Waals surface area contributed by atoms with E-state index in [1.165, 1.54) is 0 Å². The van der Waals surface area contributed by atoms with Crippen LogP contribution in [-0.2, 0) is 10.3 Å². The van der Waals surface area contributed by atoms with E-state index in [0.29, 0.717) is 11.4 Å². The lowest BCUT2D eigenvalue weighted by molar-refractivity contribution is -0.132. The summed E-state index contributed by atoms with van der Waals surface area (Å²) in [7, 11) is 0. The minimum absolute atomic E-state index is 0.0754. The first kappa shape index (κ1) is 9.99. The molecular weight excluding hydrogens is 265 g/mol. The molecule has 0 bridgehead atoms. The summed E-state index contributed by atoms with van der Waals surface area (Å²) < 4.78 is 0.945. The Kier molecular flexibility index (Phi) is 2.32. The highest BCUT2D eigenvalue weighted by molar-refractivity contribution is 9.10. The molecular formula is C10H9BrClNO. The van der Waals surface area contributed by atoms with E-state index in [1.807, 2.05) is 25.1 Å². The maximum absolute atomic E-state index is 10.9. The second kappa shape index (κ2) is 3.24. The predicted octanol–water partition coefficient (Wildman–Crippen LogP) is 2.84. The van der Waals surface area contributed by atoms with E-state index in [4.69, 9.17) is 11.6 Å². The first-order valence-corrected chi connectivity index (χ1v) is 5.45. The molecule has 4 heteroatoms. The number of amides is 1. The first-order chi connectivity index (χ1) is 6.51. The van der Waals surface area contributed by atoms with Gasteiger partial charge in [-0.15, -0.1) is 0 Å². The lowest BCUT2D eigenvalue weighted by Gasteiger charge is -2.39.